The highest BCUT2D eigenvalue weighted by molar-refractivity contribution is 7.53. The van der Waals surface area contributed by atoms with E-state index in [1.165, 1.54) is 25.7 Å². The number of benzene rings is 1. The molecule has 1 aromatic rings. The van der Waals surface area contributed by atoms with Crippen molar-refractivity contribution in [2.24, 2.45) is 0 Å². The summed E-state index contributed by atoms with van der Waals surface area (Å²) in [6, 6.07) is 10.2. The second-order valence-corrected chi connectivity index (χ2v) is 8.91. The van der Waals surface area contributed by atoms with Crippen molar-refractivity contribution >= 4 is 13.7 Å². The van der Waals surface area contributed by atoms with Crippen LogP contribution in [0.2, 0.25) is 0 Å². The van der Waals surface area contributed by atoms with E-state index in [4.69, 9.17) is 9.05 Å². The summed E-state index contributed by atoms with van der Waals surface area (Å²) < 4.78 is 24.5. The van der Waals surface area contributed by atoms with Crippen LogP contribution in [0.15, 0.2) is 36.4 Å². The quantitative estimate of drug-likeness (QED) is 0.220. The molecule has 0 heterocycles. The minimum Gasteiger partial charge on any atom is -0.309 e. The van der Waals surface area contributed by atoms with Crippen LogP contribution in [-0.4, -0.2) is 19.4 Å². The van der Waals surface area contributed by atoms with Gasteiger partial charge in [0.15, 0.2) is 0 Å². The lowest BCUT2D eigenvalue weighted by Gasteiger charge is -2.18. The first-order valence-electron chi connectivity index (χ1n) is 10.3. The molecule has 0 unspecified atom stereocenters. The Balaban J connectivity index is 2.41. The molecule has 0 saturated carbocycles. The lowest BCUT2D eigenvalue weighted by Crippen LogP contribution is -2.03. The van der Waals surface area contributed by atoms with Crippen LogP contribution in [0.25, 0.3) is 6.08 Å². The van der Waals surface area contributed by atoms with E-state index >= 15 is 0 Å². The maximum Gasteiger partial charge on any atom is 0.330 e. The summed E-state index contributed by atoms with van der Waals surface area (Å²) in [6.45, 7) is 5.44. The van der Waals surface area contributed by atoms with Gasteiger partial charge in [-0.1, -0.05) is 94.9 Å². The van der Waals surface area contributed by atoms with E-state index in [1.807, 2.05) is 18.2 Å². The number of unbranched alkanes of at least 4 members (excludes halogenated alkanes) is 6. The molecule has 0 radical (unpaired) electrons. The van der Waals surface area contributed by atoms with Crippen molar-refractivity contribution in [1.29, 1.82) is 0 Å². The van der Waals surface area contributed by atoms with Crippen LogP contribution in [0.5, 0.6) is 0 Å². The van der Waals surface area contributed by atoms with E-state index in [0.29, 0.717) is 25.8 Å². The van der Waals surface area contributed by atoms with E-state index in [1.54, 1.807) is 0 Å². The smallest absolute Gasteiger partial charge is 0.309 e. The zero-order valence-corrected chi connectivity index (χ0v) is 17.6. The maximum absolute atomic E-state index is 13.0. The summed E-state index contributed by atoms with van der Waals surface area (Å²) in [7, 11) is -2.99. The molecular weight excluding hydrogens is 343 g/mol. The fourth-order valence-electron chi connectivity index (χ4n) is 2.65. The zero-order chi connectivity index (χ0) is 18.9. The molecule has 0 bridgehead atoms. The molecule has 0 aliphatic rings. The monoisotopic (exact) mass is 380 g/mol. The van der Waals surface area contributed by atoms with Crippen molar-refractivity contribution in [2.75, 3.05) is 19.4 Å². The van der Waals surface area contributed by atoms with Gasteiger partial charge in [0.1, 0.15) is 0 Å². The Morgan fingerprint density at radius 1 is 0.846 bits per heavy atom. The summed E-state index contributed by atoms with van der Waals surface area (Å²) in [6.07, 6.45) is 14.2. The van der Waals surface area contributed by atoms with Gasteiger partial charge in [0.2, 0.25) is 0 Å². The van der Waals surface area contributed by atoms with Gasteiger partial charge in [-0.15, -0.1) is 0 Å². The second-order valence-electron chi connectivity index (χ2n) is 6.72. The van der Waals surface area contributed by atoms with Gasteiger partial charge >= 0.3 is 7.60 Å². The summed E-state index contributed by atoms with van der Waals surface area (Å²) in [5, 5.41) is 0. The van der Waals surface area contributed by atoms with Crippen molar-refractivity contribution in [3.63, 3.8) is 0 Å². The van der Waals surface area contributed by atoms with E-state index in [9.17, 15) is 4.57 Å². The number of allylic oxidation sites excluding steroid dienone is 1. The Kier molecular flexibility index (Phi) is 13.5. The van der Waals surface area contributed by atoms with Gasteiger partial charge in [-0.3, -0.25) is 4.57 Å². The molecule has 148 valence electrons. The van der Waals surface area contributed by atoms with Gasteiger partial charge in [-0.25, -0.2) is 0 Å². The molecule has 0 spiro atoms. The van der Waals surface area contributed by atoms with Gasteiger partial charge < -0.3 is 9.05 Å². The normalized spacial score (nSPS) is 12.1. The molecule has 0 saturated heterocycles. The molecule has 4 heteroatoms. The first-order chi connectivity index (χ1) is 12.7. The predicted molar refractivity (Wildman–Crippen MR) is 113 cm³/mol. The van der Waals surface area contributed by atoms with Crippen LogP contribution in [0.4, 0.5) is 0 Å². The fraction of sp³-hybridized carbons (Fsp3) is 0.636. The first-order valence-corrected chi connectivity index (χ1v) is 12.0. The summed E-state index contributed by atoms with van der Waals surface area (Å²) in [4.78, 5) is 0. The molecule has 0 aromatic heterocycles. The highest BCUT2D eigenvalue weighted by Gasteiger charge is 2.23. The molecule has 1 aromatic carbocycles. The molecule has 0 N–H and O–H groups in total. The van der Waals surface area contributed by atoms with Crippen molar-refractivity contribution in [1.82, 2.24) is 0 Å². The van der Waals surface area contributed by atoms with Crippen LogP contribution >= 0.6 is 7.60 Å². The lowest BCUT2D eigenvalue weighted by molar-refractivity contribution is 0.198. The molecule has 1 rings (SSSR count). The molecule has 0 aliphatic heterocycles. The van der Waals surface area contributed by atoms with E-state index in [2.05, 4.69) is 38.1 Å². The predicted octanol–water partition coefficient (Wildman–Crippen LogP) is 7.48. The third-order valence-electron chi connectivity index (χ3n) is 4.25. The second kappa shape index (κ2) is 15.2. The SMILES string of the molecule is CCCCCCOP(=O)(CCC=Cc1ccccc1)OCCCCCC. The van der Waals surface area contributed by atoms with E-state index < -0.39 is 7.60 Å². The van der Waals surface area contributed by atoms with Crippen molar-refractivity contribution < 1.29 is 13.6 Å². The topological polar surface area (TPSA) is 35.5 Å². The maximum atomic E-state index is 13.0. The third-order valence-corrected chi connectivity index (χ3v) is 6.21. The Hall–Kier alpha value is -0.890. The highest BCUT2D eigenvalue weighted by atomic mass is 31.2. The number of rotatable bonds is 16. The van der Waals surface area contributed by atoms with Crippen LogP contribution in [0.1, 0.15) is 77.2 Å². The number of hydrogen-bond donors (Lipinski definition) is 0. The Morgan fingerprint density at radius 3 is 1.96 bits per heavy atom. The van der Waals surface area contributed by atoms with Crippen LogP contribution in [-0.2, 0) is 13.6 Å². The Bertz CT molecular complexity index is 495. The molecule has 0 amide bonds. The van der Waals surface area contributed by atoms with Crippen molar-refractivity contribution in [2.45, 2.75) is 71.6 Å². The van der Waals surface area contributed by atoms with Crippen molar-refractivity contribution in [3.8, 4) is 0 Å². The average molecular weight is 381 g/mol. The van der Waals surface area contributed by atoms with Gasteiger partial charge in [-0.2, -0.15) is 0 Å². The van der Waals surface area contributed by atoms with Gasteiger partial charge in [-0.05, 0) is 24.8 Å². The summed E-state index contributed by atoms with van der Waals surface area (Å²) in [5.41, 5.74) is 1.16. The van der Waals surface area contributed by atoms with Crippen LogP contribution < -0.4 is 0 Å². The van der Waals surface area contributed by atoms with Gasteiger partial charge in [0.25, 0.3) is 0 Å². The number of hydrogen-bond acceptors (Lipinski definition) is 3. The minimum absolute atomic E-state index is 0.456. The van der Waals surface area contributed by atoms with Gasteiger partial charge in [0.05, 0.1) is 19.4 Å². The molecule has 0 aliphatic carbocycles. The van der Waals surface area contributed by atoms with Crippen LogP contribution in [0.3, 0.4) is 0 Å². The largest absolute Gasteiger partial charge is 0.330 e. The third kappa shape index (κ3) is 11.7. The summed E-state index contributed by atoms with van der Waals surface area (Å²) >= 11 is 0. The molecular formula is C22H37O3P. The van der Waals surface area contributed by atoms with Crippen LogP contribution in [0, 0.1) is 0 Å². The average Bonchev–Trinajstić information content (AvgIpc) is 2.66. The highest BCUT2D eigenvalue weighted by Crippen LogP contribution is 2.49. The molecule has 26 heavy (non-hydrogen) atoms. The van der Waals surface area contributed by atoms with Gasteiger partial charge in [0, 0.05) is 0 Å². The van der Waals surface area contributed by atoms with E-state index in [0.717, 1.165) is 31.2 Å². The molecule has 0 fully saturated rings. The molecule has 0 atom stereocenters. The summed E-state index contributed by atoms with van der Waals surface area (Å²) in [5.74, 6) is 0. The minimum atomic E-state index is -2.99. The van der Waals surface area contributed by atoms with Crippen molar-refractivity contribution in [3.05, 3.63) is 42.0 Å². The van der Waals surface area contributed by atoms with E-state index in [-0.39, 0.29) is 0 Å². The standard InChI is InChI=1S/C22H37O3P/c1-3-5-7-13-19-24-26(23,25-20-14-8-6-4-2)21-15-12-18-22-16-10-9-11-17-22/h9-12,16-18H,3-8,13-15,19-21H2,1-2H3. The Labute approximate surface area is 160 Å². The first kappa shape index (κ1) is 23.1. The Morgan fingerprint density at radius 2 is 1.42 bits per heavy atom. The fourth-order valence-corrected chi connectivity index (χ4v) is 4.26. The zero-order valence-electron chi connectivity index (χ0n) is 16.7. The lowest BCUT2D eigenvalue weighted by atomic mass is 10.2. The molecule has 3 nitrogen and oxygen atoms in total.